The average molecular weight is 455 g/mol. The highest BCUT2D eigenvalue weighted by Gasteiger charge is 2.19. The highest BCUT2D eigenvalue weighted by molar-refractivity contribution is 9.10. The van der Waals surface area contributed by atoms with E-state index in [9.17, 15) is 18.0 Å². The molecular formula is C18H10BrF3N2O2S. The van der Waals surface area contributed by atoms with E-state index in [1.54, 1.807) is 16.8 Å². The Morgan fingerprint density at radius 2 is 2.04 bits per heavy atom. The Labute approximate surface area is 163 Å². The van der Waals surface area contributed by atoms with Crippen molar-refractivity contribution in [3.05, 3.63) is 63.0 Å². The van der Waals surface area contributed by atoms with Crippen molar-refractivity contribution in [2.75, 3.05) is 0 Å². The molecule has 4 rings (SSSR count). The second kappa shape index (κ2) is 6.65. The van der Waals surface area contributed by atoms with Gasteiger partial charge in [0.25, 0.3) is 0 Å². The Morgan fingerprint density at radius 3 is 2.78 bits per heavy atom. The molecule has 2 aromatic heterocycles. The predicted molar refractivity (Wildman–Crippen MR) is 99.6 cm³/mol. The fourth-order valence-electron chi connectivity index (χ4n) is 3.07. The molecule has 0 radical (unpaired) electrons. The van der Waals surface area contributed by atoms with Gasteiger partial charge in [-0.25, -0.2) is 18.2 Å². The van der Waals surface area contributed by atoms with E-state index in [1.807, 2.05) is 12.1 Å². The van der Waals surface area contributed by atoms with Crippen LogP contribution >= 0.6 is 27.3 Å². The number of halogens is 4. The Bertz CT molecular complexity index is 1220. The molecule has 0 aliphatic heterocycles. The third kappa shape index (κ3) is 3.10. The average Bonchev–Trinajstić information content (AvgIpc) is 3.16. The standard InChI is InChI=1S/C18H10BrF3N2O2S/c19-10-3-1-2-9-8(6-24(17(9)10)7-14(25)26)4-13-23-16-15(22)11(20)5-12(21)18(16)27-13/h1-3,5-6H,4,7H2,(H,25,26). The van der Waals surface area contributed by atoms with Gasteiger partial charge in [0.05, 0.1) is 15.2 Å². The summed E-state index contributed by atoms with van der Waals surface area (Å²) in [5, 5.41) is 10.3. The van der Waals surface area contributed by atoms with Crippen molar-refractivity contribution < 1.29 is 23.1 Å². The fourth-order valence-corrected chi connectivity index (χ4v) is 4.65. The van der Waals surface area contributed by atoms with Gasteiger partial charge in [-0.2, -0.15) is 0 Å². The van der Waals surface area contributed by atoms with E-state index < -0.39 is 23.4 Å². The van der Waals surface area contributed by atoms with Gasteiger partial charge in [-0.05, 0) is 27.6 Å². The molecule has 2 aromatic carbocycles. The number of nitrogens with zero attached hydrogens (tertiary/aromatic N) is 2. The number of thiazole rings is 1. The molecule has 0 aliphatic rings. The van der Waals surface area contributed by atoms with Crippen LogP contribution in [0.1, 0.15) is 10.6 Å². The van der Waals surface area contributed by atoms with E-state index in [1.165, 1.54) is 0 Å². The monoisotopic (exact) mass is 454 g/mol. The van der Waals surface area contributed by atoms with Crippen LogP contribution in [-0.2, 0) is 17.8 Å². The Morgan fingerprint density at radius 1 is 1.26 bits per heavy atom. The van der Waals surface area contributed by atoms with Crippen LogP contribution in [0.2, 0.25) is 0 Å². The topological polar surface area (TPSA) is 55.1 Å². The Kier molecular flexibility index (Phi) is 4.43. The maximum absolute atomic E-state index is 13.9. The smallest absolute Gasteiger partial charge is 0.323 e. The molecule has 27 heavy (non-hydrogen) atoms. The van der Waals surface area contributed by atoms with Gasteiger partial charge in [0, 0.05) is 28.5 Å². The van der Waals surface area contributed by atoms with Gasteiger partial charge in [0.1, 0.15) is 17.9 Å². The summed E-state index contributed by atoms with van der Waals surface area (Å²) >= 11 is 4.37. The number of benzene rings is 2. The van der Waals surface area contributed by atoms with Crippen molar-refractivity contribution in [1.29, 1.82) is 0 Å². The molecular weight excluding hydrogens is 445 g/mol. The number of hydrogen-bond donors (Lipinski definition) is 1. The molecule has 1 N–H and O–H groups in total. The van der Waals surface area contributed by atoms with Gasteiger partial charge < -0.3 is 9.67 Å². The minimum Gasteiger partial charge on any atom is -0.480 e. The number of carbonyl (C=O) groups is 1. The quantitative estimate of drug-likeness (QED) is 0.436. The molecule has 0 fully saturated rings. The number of fused-ring (bicyclic) bond motifs is 2. The molecule has 4 aromatic rings. The van der Waals surface area contributed by atoms with Crippen molar-refractivity contribution in [3.8, 4) is 0 Å². The summed E-state index contributed by atoms with van der Waals surface area (Å²) in [5.41, 5.74) is 1.13. The predicted octanol–water partition coefficient (Wildman–Crippen LogP) is 5.11. The molecule has 4 nitrogen and oxygen atoms in total. The first-order chi connectivity index (χ1) is 12.8. The number of carboxylic acid groups (broad SMARTS) is 1. The summed E-state index contributed by atoms with van der Waals surface area (Å²) in [6, 6.07) is 5.96. The number of hydrogen-bond acceptors (Lipinski definition) is 3. The molecule has 2 heterocycles. The maximum Gasteiger partial charge on any atom is 0.323 e. The summed E-state index contributed by atoms with van der Waals surface area (Å²) < 4.78 is 43.5. The van der Waals surface area contributed by atoms with Crippen LogP contribution in [0, 0.1) is 17.5 Å². The molecule has 0 aliphatic carbocycles. The van der Waals surface area contributed by atoms with E-state index in [0.29, 0.717) is 16.6 Å². The number of para-hydroxylation sites is 1. The number of aromatic nitrogens is 2. The SMILES string of the molecule is O=C(O)Cn1cc(Cc2nc3c(F)c(F)cc(F)c3s2)c2cccc(Br)c21. The lowest BCUT2D eigenvalue weighted by molar-refractivity contribution is -0.137. The van der Waals surface area contributed by atoms with Crippen LogP contribution in [-0.4, -0.2) is 20.6 Å². The Balaban J connectivity index is 1.83. The van der Waals surface area contributed by atoms with Crippen molar-refractivity contribution in [3.63, 3.8) is 0 Å². The normalized spacial score (nSPS) is 11.6. The van der Waals surface area contributed by atoms with E-state index in [0.717, 1.165) is 26.8 Å². The molecule has 0 atom stereocenters. The minimum absolute atomic E-state index is 0.0423. The highest BCUT2D eigenvalue weighted by atomic mass is 79.9. The van der Waals surface area contributed by atoms with Crippen molar-refractivity contribution >= 4 is 54.4 Å². The largest absolute Gasteiger partial charge is 0.480 e. The van der Waals surface area contributed by atoms with Gasteiger partial charge in [-0.15, -0.1) is 11.3 Å². The summed E-state index contributed by atoms with van der Waals surface area (Å²) in [6.45, 7) is -0.229. The number of rotatable bonds is 4. The summed E-state index contributed by atoms with van der Waals surface area (Å²) in [7, 11) is 0. The Hall–Kier alpha value is -2.39. The van der Waals surface area contributed by atoms with E-state index in [4.69, 9.17) is 5.11 Å². The summed E-state index contributed by atoms with van der Waals surface area (Å²) in [4.78, 5) is 15.2. The van der Waals surface area contributed by atoms with E-state index in [2.05, 4.69) is 20.9 Å². The number of aliphatic carboxylic acids is 1. The molecule has 0 amide bonds. The van der Waals surface area contributed by atoms with E-state index >= 15 is 0 Å². The molecule has 138 valence electrons. The first kappa shape index (κ1) is 18.0. The molecule has 0 bridgehead atoms. The lowest BCUT2D eigenvalue weighted by Gasteiger charge is -2.02. The number of carboxylic acids is 1. The fraction of sp³-hybridized carbons (Fsp3) is 0.111. The first-order valence-electron chi connectivity index (χ1n) is 7.76. The van der Waals surface area contributed by atoms with Crippen LogP contribution in [0.4, 0.5) is 13.2 Å². The van der Waals surface area contributed by atoms with Crippen LogP contribution in [0.3, 0.4) is 0 Å². The summed E-state index contributed by atoms with van der Waals surface area (Å²) in [6.07, 6.45) is 1.92. The van der Waals surface area contributed by atoms with Crippen molar-refractivity contribution in [2.24, 2.45) is 0 Å². The highest BCUT2D eigenvalue weighted by Crippen LogP contribution is 2.33. The van der Waals surface area contributed by atoms with Gasteiger partial charge >= 0.3 is 5.97 Å². The summed E-state index contributed by atoms with van der Waals surface area (Å²) in [5.74, 6) is -4.30. The zero-order valence-corrected chi connectivity index (χ0v) is 15.9. The third-order valence-corrected chi connectivity index (χ3v) is 5.84. The van der Waals surface area contributed by atoms with Gasteiger partial charge in [0.2, 0.25) is 0 Å². The maximum atomic E-state index is 13.9. The van der Waals surface area contributed by atoms with Crippen LogP contribution in [0.5, 0.6) is 0 Å². The second-order valence-corrected chi connectivity index (χ2v) is 7.87. The molecule has 9 heteroatoms. The lowest BCUT2D eigenvalue weighted by Crippen LogP contribution is -2.07. The molecule has 0 spiro atoms. The molecule has 0 saturated carbocycles. The zero-order chi connectivity index (χ0) is 19.3. The van der Waals surface area contributed by atoms with Gasteiger partial charge in [-0.1, -0.05) is 12.1 Å². The van der Waals surface area contributed by atoms with Crippen LogP contribution in [0.25, 0.3) is 21.1 Å². The zero-order valence-electron chi connectivity index (χ0n) is 13.5. The van der Waals surface area contributed by atoms with Crippen LogP contribution < -0.4 is 0 Å². The van der Waals surface area contributed by atoms with Crippen molar-refractivity contribution in [2.45, 2.75) is 13.0 Å². The minimum atomic E-state index is -1.28. The third-order valence-electron chi connectivity index (χ3n) is 4.14. The molecule has 0 unspecified atom stereocenters. The van der Waals surface area contributed by atoms with Crippen molar-refractivity contribution in [1.82, 2.24) is 9.55 Å². The van der Waals surface area contributed by atoms with E-state index in [-0.39, 0.29) is 23.2 Å². The van der Waals surface area contributed by atoms with Crippen LogP contribution in [0.15, 0.2) is 34.9 Å². The van der Waals surface area contributed by atoms with Gasteiger partial charge in [-0.3, -0.25) is 4.79 Å². The first-order valence-corrected chi connectivity index (χ1v) is 9.37. The lowest BCUT2D eigenvalue weighted by atomic mass is 10.1. The molecule has 0 saturated heterocycles. The second-order valence-electron chi connectivity index (χ2n) is 5.93. The van der Waals surface area contributed by atoms with Gasteiger partial charge in [0.15, 0.2) is 11.6 Å².